The lowest BCUT2D eigenvalue weighted by Crippen LogP contribution is -2.61. The van der Waals surface area contributed by atoms with Crippen molar-refractivity contribution in [3.05, 3.63) is 48.2 Å². The number of pyridine rings is 1. The average Bonchev–Trinajstić information content (AvgIpc) is 3.04. The zero-order chi connectivity index (χ0) is 22.7. The van der Waals surface area contributed by atoms with Gasteiger partial charge in [-0.3, -0.25) is 9.59 Å². The predicted octanol–water partition coefficient (Wildman–Crippen LogP) is 3.75. The summed E-state index contributed by atoms with van der Waals surface area (Å²) in [5, 5.41) is 24.0. The number of allylic oxidation sites excluding steroid dienone is 4. The second-order valence-corrected chi connectivity index (χ2v) is 11.5. The summed E-state index contributed by atoms with van der Waals surface area (Å²) in [5.41, 5.74) is -1.30. The van der Waals surface area contributed by atoms with E-state index in [1.54, 1.807) is 18.3 Å². The Bertz CT molecular complexity index is 1010. The number of carbonyl (C=O) groups excluding carboxylic acids is 2. The second-order valence-electron chi connectivity index (χ2n) is 10.5. The second kappa shape index (κ2) is 7.64. The number of aromatic nitrogens is 1. The van der Waals surface area contributed by atoms with E-state index in [2.05, 4.69) is 11.9 Å². The molecule has 4 aliphatic rings. The molecule has 6 heteroatoms. The van der Waals surface area contributed by atoms with Crippen LogP contribution in [0.5, 0.6) is 0 Å². The van der Waals surface area contributed by atoms with Crippen LogP contribution in [0.15, 0.2) is 53.2 Å². The first-order valence-corrected chi connectivity index (χ1v) is 12.6. The highest BCUT2D eigenvalue weighted by molar-refractivity contribution is 7.99. The Labute approximate surface area is 193 Å². The molecule has 0 aromatic carbocycles. The third-order valence-corrected chi connectivity index (χ3v) is 10.0. The number of aliphatic hydroxyl groups excluding tert-OH is 1. The number of thioether (sulfide) groups is 1. The summed E-state index contributed by atoms with van der Waals surface area (Å²) >= 11 is 1.36. The standard InChI is InChI=1S/C26H31NO4S/c1-24-10-8-17(28)13-16(24)6-7-18-19-9-11-26(31,25(19,2)14-20(29)23(18)24)21(30)15-32-22-5-3-4-12-27-22/h3-5,8,10,12-13,18-20,23,29,31H,6-7,9,11,14-15H2,1-2H3/t18-,19-,20-,23+,24-,25-,26-/m0/s1. The lowest BCUT2D eigenvalue weighted by atomic mass is 9.46. The highest BCUT2D eigenvalue weighted by atomic mass is 32.2. The van der Waals surface area contributed by atoms with Crippen molar-refractivity contribution in [2.75, 3.05) is 5.75 Å². The van der Waals surface area contributed by atoms with Crippen molar-refractivity contribution >= 4 is 23.3 Å². The first-order chi connectivity index (χ1) is 15.2. The summed E-state index contributed by atoms with van der Waals surface area (Å²) in [6, 6.07) is 5.59. The molecule has 0 amide bonds. The number of nitrogens with zero attached hydrogens (tertiary/aromatic N) is 1. The van der Waals surface area contributed by atoms with Crippen molar-refractivity contribution in [2.24, 2.45) is 28.6 Å². The Balaban J connectivity index is 1.41. The van der Waals surface area contributed by atoms with Crippen molar-refractivity contribution in [3.8, 4) is 0 Å². The first kappa shape index (κ1) is 22.1. The third-order valence-electron chi connectivity index (χ3n) is 9.10. The van der Waals surface area contributed by atoms with Crippen molar-refractivity contribution in [1.29, 1.82) is 0 Å². The van der Waals surface area contributed by atoms with Crippen LogP contribution in [0.1, 0.15) is 46.0 Å². The molecule has 7 atom stereocenters. The van der Waals surface area contributed by atoms with E-state index in [0.29, 0.717) is 12.8 Å². The van der Waals surface area contributed by atoms with Crippen LogP contribution in [0.25, 0.3) is 0 Å². The number of aliphatic hydroxyl groups is 2. The molecule has 3 saturated carbocycles. The molecule has 170 valence electrons. The molecule has 1 aromatic heterocycles. The van der Waals surface area contributed by atoms with E-state index < -0.39 is 17.1 Å². The van der Waals surface area contributed by atoms with E-state index in [9.17, 15) is 19.8 Å². The van der Waals surface area contributed by atoms with E-state index in [1.807, 2.05) is 31.2 Å². The zero-order valence-corrected chi connectivity index (χ0v) is 19.5. The minimum Gasteiger partial charge on any atom is -0.393 e. The minimum absolute atomic E-state index is 0.00488. The van der Waals surface area contributed by atoms with Gasteiger partial charge in [-0.15, -0.1) is 0 Å². The molecular weight excluding hydrogens is 422 g/mol. The Morgan fingerprint density at radius 3 is 2.84 bits per heavy atom. The first-order valence-electron chi connectivity index (χ1n) is 11.6. The maximum atomic E-state index is 13.4. The molecule has 0 bridgehead atoms. The number of carbonyl (C=O) groups is 2. The van der Waals surface area contributed by atoms with Crippen LogP contribution < -0.4 is 0 Å². The monoisotopic (exact) mass is 453 g/mol. The number of hydrogen-bond donors (Lipinski definition) is 2. The minimum atomic E-state index is -1.43. The molecular formula is C26H31NO4S. The molecule has 0 spiro atoms. The fourth-order valence-electron chi connectivity index (χ4n) is 7.48. The molecule has 32 heavy (non-hydrogen) atoms. The smallest absolute Gasteiger partial charge is 0.178 e. The van der Waals surface area contributed by atoms with Crippen molar-refractivity contribution in [1.82, 2.24) is 4.98 Å². The molecule has 3 fully saturated rings. The van der Waals surface area contributed by atoms with Crippen molar-refractivity contribution < 1.29 is 19.8 Å². The fraction of sp³-hybridized carbons (Fsp3) is 0.577. The van der Waals surface area contributed by atoms with Crippen LogP contribution in [-0.2, 0) is 9.59 Å². The van der Waals surface area contributed by atoms with Gasteiger partial charge in [-0.2, -0.15) is 0 Å². The van der Waals surface area contributed by atoms with E-state index in [1.165, 1.54) is 11.8 Å². The number of Topliss-reactive ketones (excluding diaryl/α,β-unsaturated/α-hetero) is 1. The third kappa shape index (κ3) is 3.10. The Morgan fingerprint density at radius 2 is 2.09 bits per heavy atom. The van der Waals surface area contributed by atoms with Gasteiger partial charge in [0.05, 0.1) is 16.9 Å². The summed E-state index contributed by atoms with van der Waals surface area (Å²) in [4.78, 5) is 29.6. The molecule has 1 aromatic rings. The van der Waals surface area contributed by atoms with Crippen molar-refractivity contribution in [2.45, 2.75) is 62.7 Å². The van der Waals surface area contributed by atoms with Crippen LogP contribution in [0, 0.1) is 28.6 Å². The van der Waals surface area contributed by atoms with Gasteiger partial charge in [0.1, 0.15) is 5.60 Å². The van der Waals surface area contributed by atoms with Gasteiger partial charge in [0.15, 0.2) is 11.6 Å². The van der Waals surface area contributed by atoms with Crippen LogP contribution in [0.3, 0.4) is 0 Å². The molecule has 5 rings (SSSR count). The largest absolute Gasteiger partial charge is 0.393 e. The van der Waals surface area contributed by atoms with E-state index >= 15 is 0 Å². The Kier molecular flexibility index (Phi) is 5.27. The quantitative estimate of drug-likeness (QED) is 0.675. The Morgan fingerprint density at radius 1 is 1.28 bits per heavy atom. The van der Waals surface area contributed by atoms with Gasteiger partial charge in [-0.05, 0) is 68.2 Å². The zero-order valence-electron chi connectivity index (χ0n) is 18.7. The molecule has 0 radical (unpaired) electrons. The van der Waals surface area contributed by atoms with Gasteiger partial charge in [0.2, 0.25) is 0 Å². The summed E-state index contributed by atoms with van der Waals surface area (Å²) in [6.07, 6.45) is 9.79. The molecule has 5 nitrogen and oxygen atoms in total. The molecule has 4 aliphatic carbocycles. The van der Waals surface area contributed by atoms with E-state index in [4.69, 9.17) is 0 Å². The number of hydrogen-bond acceptors (Lipinski definition) is 6. The van der Waals surface area contributed by atoms with E-state index in [0.717, 1.165) is 29.9 Å². The summed E-state index contributed by atoms with van der Waals surface area (Å²) in [7, 11) is 0. The average molecular weight is 454 g/mol. The fourth-order valence-corrected chi connectivity index (χ4v) is 8.31. The highest BCUT2D eigenvalue weighted by Gasteiger charge is 2.67. The van der Waals surface area contributed by atoms with Gasteiger partial charge in [0.25, 0.3) is 0 Å². The van der Waals surface area contributed by atoms with Crippen LogP contribution in [0.4, 0.5) is 0 Å². The van der Waals surface area contributed by atoms with Crippen LogP contribution >= 0.6 is 11.8 Å². The van der Waals surface area contributed by atoms with Crippen molar-refractivity contribution in [3.63, 3.8) is 0 Å². The molecule has 2 N–H and O–H groups in total. The topological polar surface area (TPSA) is 87.5 Å². The highest BCUT2D eigenvalue weighted by Crippen LogP contribution is 2.67. The van der Waals surface area contributed by atoms with Gasteiger partial charge in [-0.25, -0.2) is 4.98 Å². The SMILES string of the molecule is C[C@]12C=CC(=O)C=C1CC[C@@H]1[C@@H]2[C@@H](O)C[C@@]2(C)[C@H]1CC[C@]2(O)C(=O)CSc1ccccn1. The molecule has 0 saturated heterocycles. The predicted molar refractivity (Wildman–Crippen MR) is 123 cm³/mol. The summed E-state index contributed by atoms with van der Waals surface area (Å²) in [5.74, 6) is 0.440. The lowest BCUT2D eigenvalue weighted by molar-refractivity contribution is -0.174. The lowest BCUT2D eigenvalue weighted by Gasteiger charge is -2.59. The van der Waals surface area contributed by atoms with Crippen LogP contribution in [0.2, 0.25) is 0 Å². The normalized spacial score (nSPS) is 42.6. The van der Waals surface area contributed by atoms with Gasteiger partial charge in [-0.1, -0.05) is 43.3 Å². The maximum Gasteiger partial charge on any atom is 0.178 e. The number of ketones is 2. The van der Waals surface area contributed by atoms with Gasteiger partial charge >= 0.3 is 0 Å². The van der Waals surface area contributed by atoms with Gasteiger partial charge < -0.3 is 10.2 Å². The maximum absolute atomic E-state index is 13.4. The Hall–Kier alpha value is -1.76. The van der Waals surface area contributed by atoms with Crippen LogP contribution in [-0.4, -0.2) is 44.2 Å². The molecule has 0 unspecified atom stereocenters. The summed E-state index contributed by atoms with van der Waals surface area (Å²) in [6.45, 7) is 4.15. The van der Waals surface area contributed by atoms with E-state index in [-0.39, 0.29) is 40.5 Å². The number of fused-ring (bicyclic) bond motifs is 5. The molecule has 1 heterocycles. The molecule has 0 aliphatic heterocycles. The summed E-state index contributed by atoms with van der Waals surface area (Å²) < 4.78 is 0. The van der Waals surface area contributed by atoms with Gasteiger partial charge in [0, 0.05) is 22.9 Å². The number of rotatable bonds is 4.